The fourth-order valence-electron chi connectivity index (χ4n) is 3.39. The van der Waals surface area contributed by atoms with Gasteiger partial charge < -0.3 is 24.8 Å². The Labute approximate surface area is 154 Å². The van der Waals surface area contributed by atoms with Gasteiger partial charge in [-0.1, -0.05) is 23.8 Å². The zero-order valence-electron chi connectivity index (χ0n) is 15.7. The summed E-state index contributed by atoms with van der Waals surface area (Å²) in [5, 5.41) is 11.9. The van der Waals surface area contributed by atoms with E-state index in [1.54, 1.807) is 0 Å². The molecule has 2 atom stereocenters. The lowest BCUT2D eigenvalue weighted by Gasteiger charge is -2.36. The van der Waals surface area contributed by atoms with Gasteiger partial charge in [0.2, 0.25) is 0 Å². The molecule has 0 bridgehead atoms. The van der Waals surface area contributed by atoms with Crippen molar-refractivity contribution in [1.82, 2.24) is 10.2 Å². The number of aryl methyl sites for hydroxylation is 2. The number of piperidine rings is 1. The molecule has 2 N–H and O–H groups in total. The molecule has 1 heterocycles. The molecular weight excluding hydrogens is 336 g/mol. The summed E-state index contributed by atoms with van der Waals surface area (Å²) in [5.41, 5.74) is 3.34. The summed E-state index contributed by atoms with van der Waals surface area (Å²) in [7, 11) is 1.32. The number of likely N-dealkylation sites (tertiary alicyclic amines) is 1. The number of carbonyl (C=O) groups is 2. The Morgan fingerprint density at radius 1 is 1.38 bits per heavy atom. The van der Waals surface area contributed by atoms with Crippen LogP contribution in [0.15, 0.2) is 18.2 Å². The molecule has 0 spiro atoms. The lowest BCUT2D eigenvalue weighted by atomic mass is 9.86. The molecule has 1 aliphatic rings. The van der Waals surface area contributed by atoms with Gasteiger partial charge in [0.15, 0.2) is 0 Å². The Balaban J connectivity index is 2.14. The van der Waals surface area contributed by atoms with Gasteiger partial charge in [0.05, 0.1) is 19.8 Å². The van der Waals surface area contributed by atoms with Crippen LogP contribution in [0.4, 0.5) is 9.59 Å². The van der Waals surface area contributed by atoms with Crippen LogP contribution in [-0.2, 0) is 9.47 Å². The van der Waals surface area contributed by atoms with Crippen LogP contribution in [-0.4, -0.2) is 55.5 Å². The van der Waals surface area contributed by atoms with E-state index in [0.29, 0.717) is 26.2 Å². The number of benzene rings is 1. The number of ether oxygens (including phenoxy) is 2. The SMILES string of the molecule is COC(=O)NCCOC(c1cc(C)ccc1C)C1CCCN(C(=O)O)C1. The summed E-state index contributed by atoms with van der Waals surface area (Å²) < 4.78 is 10.7. The molecule has 2 rings (SSSR count). The van der Waals surface area contributed by atoms with Crippen LogP contribution in [0.1, 0.15) is 35.6 Å². The molecule has 1 fully saturated rings. The molecule has 0 saturated carbocycles. The second-order valence-electron chi connectivity index (χ2n) is 6.70. The van der Waals surface area contributed by atoms with Crippen LogP contribution in [0, 0.1) is 19.8 Å². The zero-order chi connectivity index (χ0) is 19.1. The normalized spacial score (nSPS) is 18.3. The first-order valence-corrected chi connectivity index (χ1v) is 8.90. The van der Waals surface area contributed by atoms with Crippen molar-refractivity contribution in [2.45, 2.75) is 32.8 Å². The Morgan fingerprint density at radius 3 is 2.85 bits per heavy atom. The third kappa shape index (κ3) is 5.36. The molecule has 2 amide bonds. The molecule has 144 valence electrons. The molecule has 0 radical (unpaired) electrons. The Morgan fingerprint density at radius 2 is 2.15 bits per heavy atom. The van der Waals surface area contributed by atoms with Gasteiger partial charge in [-0.3, -0.25) is 0 Å². The maximum atomic E-state index is 11.4. The highest BCUT2D eigenvalue weighted by Crippen LogP contribution is 2.35. The van der Waals surface area contributed by atoms with Gasteiger partial charge in [0.25, 0.3) is 0 Å². The monoisotopic (exact) mass is 364 g/mol. The first kappa shape index (κ1) is 20.0. The third-order valence-electron chi connectivity index (χ3n) is 4.75. The predicted molar refractivity (Wildman–Crippen MR) is 97.3 cm³/mol. The minimum absolute atomic E-state index is 0.0819. The maximum absolute atomic E-state index is 11.4. The van der Waals surface area contributed by atoms with Crippen molar-refractivity contribution in [3.05, 3.63) is 34.9 Å². The van der Waals surface area contributed by atoms with E-state index in [0.717, 1.165) is 29.5 Å². The van der Waals surface area contributed by atoms with Crippen LogP contribution in [0.5, 0.6) is 0 Å². The zero-order valence-corrected chi connectivity index (χ0v) is 15.7. The number of nitrogens with one attached hydrogen (secondary N) is 1. The van der Waals surface area contributed by atoms with Crippen molar-refractivity contribution in [3.63, 3.8) is 0 Å². The number of alkyl carbamates (subject to hydrolysis) is 1. The number of hydrogen-bond donors (Lipinski definition) is 2. The predicted octanol–water partition coefficient (Wildman–Crippen LogP) is 3.11. The van der Waals surface area contributed by atoms with E-state index in [1.165, 1.54) is 12.0 Å². The van der Waals surface area contributed by atoms with E-state index in [-0.39, 0.29) is 12.0 Å². The van der Waals surface area contributed by atoms with E-state index < -0.39 is 12.2 Å². The summed E-state index contributed by atoms with van der Waals surface area (Å²) >= 11 is 0. The van der Waals surface area contributed by atoms with Crippen LogP contribution in [0.3, 0.4) is 0 Å². The molecule has 1 aromatic carbocycles. The minimum Gasteiger partial charge on any atom is -0.465 e. The average molecular weight is 364 g/mol. The topological polar surface area (TPSA) is 88.1 Å². The number of carboxylic acid groups (broad SMARTS) is 1. The van der Waals surface area contributed by atoms with Crippen molar-refractivity contribution in [2.24, 2.45) is 5.92 Å². The van der Waals surface area contributed by atoms with Gasteiger partial charge in [-0.2, -0.15) is 0 Å². The van der Waals surface area contributed by atoms with Crippen LogP contribution in [0.2, 0.25) is 0 Å². The number of nitrogens with zero attached hydrogens (tertiary/aromatic N) is 1. The fraction of sp³-hybridized carbons (Fsp3) is 0.579. The molecule has 7 nitrogen and oxygen atoms in total. The average Bonchev–Trinajstić information content (AvgIpc) is 2.64. The second-order valence-corrected chi connectivity index (χ2v) is 6.70. The minimum atomic E-state index is -0.887. The van der Waals surface area contributed by atoms with Gasteiger partial charge in [0.1, 0.15) is 0 Å². The standard InChI is InChI=1S/C19H28N2O5/c1-13-6-7-14(2)16(11-13)17(26-10-8-20-18(22)25-3)15-5-4-9-21(12-15)19(23)24/h6-7,11,15,17H,4-5,8-10,12H2,1-3H3,(H,20,22)(H,23,24). The molecule has 0 aromatic heterocycles. The highest BCUT2D eigenvalue weighted by Gasteiger charge is 2.31. The molecule has 1 aromatic rings. The number of hydrogen-bond acceptors (Lipinski definition) is 4. The van der Waals surface area contributed by atoms with E-state index >= 15 is 0 Å². The quantitative estimate of drug-likeness (QED) is 0.757. The van der Waals surface area contributed by atoms with E-state index in [1.807, 2.05) is 13.8 Å². The Bertz CT molecular complexity index is 634. The van der Waals surface area contributed by atoms with Gasteiger partial charge >= 0.3 is 12.2 Å². The first-order valence-electron chi connectivity index (χ1n) is 8.90. The smallest absolute Gasteiger partial charge is 0.407 e. The molecule has 2 unspecified atom stereocenters. The first-order chi connectivity index (χ1) is 12.4. The summed E-state index contributed by atoms with van der Waals surface area (Å²) in [6.07, 6.45) is 0.138. The van der Waals surface area contributed by atoms with Gasteiger partial charge in [-0.05, 0) is 37.8 Å². The highest BCUT2D eigenvalue weighted by molar-refractivity contribution is 5.66. The number of rotatable bonds is 6. The Hall–Kier alpha value is -2.28. The van der Waals surface area contributed by atoms with E-state index in [2.05, 4.69) is 28.3 Å². The highest BCUT2D eigenvalue weighted by atomic mass is 16.5. The fourth-order valence-corrected chi connectivity index (χ4v) is 3.39. The van der Waals surface area contributed by atoms with Crippen LogP contribution in [0.25, 0.3) is 0 Å². The number of methoxy groups -OCH3 is 1. The van der Waals surface area contributed by atoms with E-state index in [4.69, 9.17) is 4.74 Å². The van der Waals surface area contributed by atoms with Crippen molar-refractivity contribution < 1.29 is 24.2 Å². The molecule has 7 heteroatoms. The molecular formula is C19H28N2O5. The summed E-state index contributed by atoms with van der Waals surface area (Å²) in [6.45, 7) is 5.76. The molecule has 26 heavy (non-hydrogen) atoms. The largest absolute Gasteiger partial charge is 0.465 e. The van der Waals surface area contributed by atoms with E-state index in [9.17, 15) is 14.7 Å². The Kier molecular flexibility index (Phi) is 7.26. The third-order valence-corrected chi connectivity index (χ3v) is 4.75. The second kappa shape index (κ2) is 9.43. The number of amides is 2. The van der Waals surface area contributed by atoms with Gasteiger partial charge in [0, 0.05) is 25.6 Å². The van der Waals surface area contributed by atoms with Gasteiger partial charge in [-0.25, -0.2) is 9.59 Å². The maximum Gasteiger partial charge on any atom is 0.407 e. The summed E-state index contributed by atoms with van der Waals surface area (Å²) in [4.78, 5) is 24.0. The van der Waals surface area contributed by atoms with Crippen molar-refractivity contribution >= 4 is 12.2 Å². The summed E-state index contributed by atoms with van der Waals surface area (Å²) in [5.74, 6) is 0.0819. The molecule has 1 saturated heterocycles. The van der Waals surface area contributed by atoms with Crippen LogP contribution < -0.4 is 5.32 Å². The van der Waals surface area contributed by atoms with Crippen molar-refractivity contribution in [2.75, 3.05) is 33.4 Å². The van der Waals surface area contributed by atoms with Crippen molar-refractivity contribution in [3.8, 4) is 0 Å². The molecule has 0 aliphatic carbocycles. The number of carbonyl (C=O) groups excluding carboxylic acids is 1. The molecule has 1 aliphatic heterocycles. The lowest BCUT2D eigenvalue weighted by Crippen LogP contribution is -2.41. The lowest BCUT2D eigenvalue weighted by molar-refractivity contribution is -0.0120. The van der Waals surface area contributed by atoms with Crippen LogP contribution >= 0.6 is 0 Å². The summed E-state index contributed by atoms with van der Waals surface area (Å²) in [6, 6.07) is 6.22. The van der Waals surface area contributed by atoms with Gasteiger partial charge in [-0.15, -0.1) is 0 Å². The van der Waals surface area contributed by atoms with Crippen molar-refractivity contribution in [1.29, 1.82) is 0 Å².